The number of benzene rings is 4. The van der Waals surface area contributed by atoms with Crippen molar-refractivity contribution >= 4 is 91.0 Å². The molecule has 6 aromatic heterocycles. The summed E-state index contributed by atoms with van der Waals surface area (Å²) in [5, 5.41) is 27.5. The number of hydrogen-bond donors (Lipinski definition) is 5. The number of primary amides is 1. The second kappa shape index (κ2) is 28.8. The molecule has 4 aromatic carbocycles. The van der Waals surface area contributed by atoms with Crippen LogP contribution in [-0.2, 0) is 35.6 Å². The third-order valence-corrected chi connectivity index (χ3v) is 12.4. The van der Waals surface area contributed by atoms with E-state index in [0.717, 1.165) is 33.0 Å². The van der Waals surface area contributed by atoms with Crippen LogP contribution in [0.5, 0.6) is 0 Å². The number of nitrogens with two attached hydrogens (primary N) is 1. The predicted octanol–water partition coefficient (Wildman–Crippen LogP) is 3.63. The molecule has 16 nitrogen and oxygen atoms in total. The molecule has 6 N–H and O–H groups in total. The van der Waals surface area contributed by atoms with Gasteiger partial charge in [-0.1, -0.05) is 30.6 Å². The van der Waals surface area contributed by atoms with Crippen molar-refractivity contribution in [2.75, 3.05) is 0 Å². The SMILES string of the molecule is C.Cc1cnc2c(C#N)cc(Cc3cc(C(=O)NCc4cc5c(Cl)c[nH]c5cc4F)ccn3)cc2c1.Cc1cnc2c(C(N)=O)cc(Cc3cc(C(=O)NCc4cc5c(Cl)c[nH]c5cc4F)ccn3)cc2c1.O=CO[O-].[H-].[K+].[K+]. The molecule has 0 saturated heterocycles. The van der Waals surface area contributed by atoms with E-state index in [1.165, 1.54) is 18.3 Å². The summed E-state index contributed by atoms with van der Waals surface area (Å²) in [5.74, 6) is -2.14. The number of carbonyl (C=O) groups is 4. The number of fused-ring (bicyclic) bond motifs is 4. The first-order chi connectivity index (χ1) is 36.1. The number of hydrogen-bond acceptors (Lipinski definition) is 11. The first-order valence-electron chi connectivity index (χ1n) is 22.7. The molecule has 3 amide bonds. The van der Waals surface area contributed by atoms with Crippen molar-refractivity contribution in [1.82, 2.24) is 40.5 Å². The van der Waals surface area contributed by atoms with E-state index in [1.807, 2.05) is 38.1 Å². The van der Waals surface area contributed by atoms with Gasteiger partial charge in [-0.05, 0) is 121 Å². The summed E-state index contributed by atoms with van der Waals surface area (Å²) in [4.78, 5) is 72.1. The van der Waals surface area contributed by atoms with Crippen molar-refractivity contribution in [2.24, 2.45) is 5.73 Å². The quantitative estimate of drug-likeness (QED) is 0.0511. The monoisotopic (exact) mass is 1140 g/mol. The van der Waals surface area contributed by atoms with Gasteiger partial charge in [0, 0.05) is 129 Å². The average Bonchev–Trinajstić information content (AvgIpc) is 3.98. The largest absolute Gasteiger partial charge is 1.00 e. The third-order valence-electron chi connectivity index (χ3n) is 11.8. The molecule has 0 radical (unpaired) electrons. The maximum atomic E-state index is 14.5. The van der Waals surface area contributed by atoms with Crippen LogP contribution in [0.4, 0.5) is 8.78 Å². The van der Waals surface area contributed by atoms with Crippen molar-refractivity contribution < 1.29 is 142 Å². The molecule has 0 unspecified atom stereocenters. The van der Waals surface area contributed by atoms with E-state index in [-0.39, 0.29) is 143 Å². The maximum Gasteiger partial charge on any atom is 1.00 e. The molecule has 0 aliphatic rings. The molecular formula is C56H46Cl2F2K2N10O6. The van der Waals surface area contributed by atoms with Gasteiger partial charge in [0.25, 0.3) is 24.2 Å². The van der Waals surface area contributed by atoms with E-state index in [1.54, 1.807) is 79.5 Å². The van der Waals surface area contributed by atoms with Crippen LogP contribution in [-0.4, -0.2) is 54.1 Å². The number of amides is 3. The number of nitrogens with zero attached hydrogens (tertiary/aromatic N) is 5. The minimum absolute atomic E-state index is 0. The Morgan fingerprint density at radius 2 is 1.17 bits per heavy atom. The van der Waals surface area contributed by atoms with Crippen LogP contribution in [0, 0.1) is 36.8 Å². The first kappa shape index (κ1) is 63.0. The van der Waals surface area contributed by atoms with Gasteiger partial charge in [-0.15, -0.1) is 0 Å². The summed E-state index contributed by atoms with van der Waals surface area (Å²) < 4.78 is 28.9. The second-order valence-corrected chi connectivity index (χ2v) is 18.0. The number of carbonyl (C=O) groups excluding carboxylic acids is 4. The molecule has 22 heteroatoms. The van der Waals surface area contributed by atoms with E-state index in [0.29, 0.717) is 100 Å². The minimum atomic E-state index is -0.564. The smallest absolute Gasteiger partial charge is 1.00 e. The normalized spacial score (nSPS) is 10.4. The van der Waals surface area contributed by atoms with E-state index in [2.05, 4.69) is 51.5 Å². The average molecular weight is 1140 g/mol. The number of aromatic amines is 2. The molecule has 0 saturated carbocycles. The van der Waals surface area contributed by atoms with Crippen molar-refractivity contribution in [2.45, 2.75) is 47.2 Å². The molecule has 386 valence electrons. The Hall–Kier alpha value is -5.88. The number of halogens is 4. The molecule has 10 aromatic rings. The number of aromatic nitrogens is 6. The van der Waals surface area contributed by atoms with Crippen LogP contribution in [0.25, 0.3) is 43.6 Å². The van der Waals surface area contributed by atoms with Gasteiger partial charge >= 0.3 is 103 Å². The summed E-state index contributed by atoms with van der Waals surface area (Å²) in [6.07, 6.45) is 10.5. The van der Waals surface area contributed by atoms with Gasteiger partial charge in [0.2, 0.25) is 0 Å². The van der Waals surface area contributed by atoms with Crippen molar-refractivity contribution in [3.05, 3.63) is 211 Å². The van der Waals surface area contributed by atoms with E-state index < -0.39 is 17.5 Å². The molecule has 0 atom stereocenters. The van der Waals surface area contributed by atoms with Gasteiger partial charge in [0.05, 0.1) is 32.2 Å². The van der Waals surface area contributed by atoms with Crippen LogP contribution in [0.1, 0.15) is 90.3 Å². The second-order valence-electron chi connectivity index (χ2n) is 17.2. The maximum absolute atomic E-state index is 14.5. The summed E-state index contributed by atoms with van der Waals surface area (Å²) in [6, 6.07) is 26.1. The molecule has 0 aliphatic heterocycles. The van der Waals surface area contributed by atoms with E-state index in [9.17, 15) is 28.4 Å². The fourth-order valence-electron chi connectivity index (χ4n) is 8.31. The molecule has 0 fully saturated rings. The molecule has 0 aliphatic carbocycles. The van der Waals surface area contributed by atoms with Gasteiger partial charge in [-0.2, -0.15) is 5.26 Å². The number of aryl methyl sites for hydroxylation is 2. The first-order valence-corrected chi connectivity index (χ1v) is 23.4. The van der Waals surface area contributed by atoms with Crippen LogP contribution in [0.2, 0.25) is 10.0 Å². The number of rotatable bonds is 12. The van der Waals surface area contributed by atoms with Gasteiger partial charge in [-0.3, -0.25) is 39.1 Å². The summed E-state index contributed by atoms with van der Waals surface area (Å²) in [6.45, 7) is 3.70. The standard InChI is InChI=1S/C27H21ClFN5O2.C27H19ClFN5O.CH2O3.CH4.2K.H/c1-14-4-17-5-15(7-21(26(30)35)25(17)33-11-14)6-19-8-16(2-3-31-19)27(36)34-12-18-9-20-22(28)13-32-24(20)10-23(18)29;1-15-4-18-5-16(6-19(11-30)26(18)33-12-15)7-21-8-17(2-3-31-21)27(35)34-13-20-9-22-23(28)14-32-25(22)10-24(20)29;2-1-4-3;;;;/h2-5,7-11,13,32H,6,12H2,1H3,(H2,30,35)(H,34,36);2-6,8-10,12,14,32H,7,13H2,1H3,(H,34,35);1,3H;1H4;;;/q;;;;2*+1;-1/p-1. The third kappa shape index (κ3) is 15.5. The molecule has 0 spiro atoms. The molecule has 6 heterocycles. The van der Waals surface area contributed by atoms with Gasteiger partial charge in [0.1, 0.15) is 17.7 Å². The zero-order valence-corrected chi connectivity index (χ0v) is 49.5. The van der Waals surface area contributed by atoms with Crippen LogP contribution in [0.3, 0.4) is 0 Å². The fourth-order valence-corrected chi connectivity index (χ4v) is 8.73. The zero-order chi connectivity index (χ0) is 53.3. The summed E-state index contributed by atoms with van der Waals surface area (Å²) >= 11 is 12.3. The molecule has 10 rings (SSSR count). The zero-order valence-electron chi connectivity index (χ0n) is 42.7. The Balaban J connectivity index is 0.000000304. The van der Waals surface area contributed by atoms with Crippen LogP contribution < -0.4 is 124 Å². The topological polar surface area (TPSA) is 258 Å². The van der Waals surface area contributed by atoms with Crippen LogP contribution in [0.15, 0.2) is 122 Å². The van der Waals surface area contributed by atoms with Gasteiger partial charge in [0.15, 0.2) is 0 Å². The summed E-state index contributed by atoms with van der Waals surface area (Å²) in [5.41, 5.74) is 15.2. The Morgan fingerprint density at radius 1 is 0.718 bits per heavy atom. The van der Waals surface area contributed by atoms with E-state index >= 15 is 0 Å². The van der Waals surface area contributed by atoms with Crippen molar-refractivity contribution in [3.8, 4) is 6.07 Å². The molecule has 78 heavy (non-hydrogen) atoms. The van der Waals surface area contributed by atoms with Gasteiger partial charge < -0.3 is 37.9 Å². The van der Waals surface area contributed by atoms with Crippen molar-refractivity contribution in [3.63, 3.8) is 0 Å². The predicted molar refractivity (Wildman–Crippen MR) is 284 cm³/mol. The fraction of sp³-hybridized carbons (Fsp3) is 0.125. The Morgan fingerprint density at radius 3 is 1.62 bits per heavy atom. The number of pyridine rings is 4. The molecule has 0 bridgehead atoms. The number of H-pyrrole nitrogens is 2. The Kier molecular flexibility index (Phi) is 23.3. The Labute approximate surface area is 542 Å². The summed E-state index contributed by atoms with van der Waals surface area (Å²) in [7, 11) is 0. The van der Waals surface area contributed by atoms with Crippen molar-refractivity contribution in [1.29, 1.82) is 5.26 Å². The van der Waals surface area contributed by atoms with Gasteiger partial charge in [-0.25, -0.2) is 8.78 Å². The number of nitriles is 1. The number of nitrogens with one attached hydrogen (secondary N) is 4. The minimum Gasteiger partial charge on any atom is -1.00 e. The molecular weight excluding hydrogens is 1100 g/mol. The van der Waals surface area contributed by atoms with E-state index in [4.69, 9.17) is 39.0 Å². The van der Waals surface area contributed by atoms with Crippen LogP contribution >= 0.6 is 23.2 Å². The Bertz CT molecular complexity index is 3920.